The molecule has 0 saturated heterocycles. The first-order chi connectivity index (χ1) is 6.74. The van der Waals surface area contributed by atoms with Crippen LogP contribution in [-0.2, 0) is 7.05 Å². The molecule has 0 aliphatic heterocycles. The van der Waals surface area contributed by atoms with Crippen LogP contribution in [0.4, 0.5) is 0 Å². The van der Waals surface area contributed by atoms with Crippen molar-refractivity contribution in [1.29, 1.82) is 0 Å². The number of fused-ring (bicyclic) bond motifs is 1. The highest BCUT2D eigenvalue weighted by Crippen LogP contribution is 2.38. The molecule has 0 bridgehead atoms. The van der Waals surface area contributed by atoms with E-state index in [1.807, 2.05) is 7.05 Å². The number of nitrogens with one attached hydrogen (secondary N) is 1. The Balaban J connectivity index is 2.32. The Kier molecular flexibility index (Phi) is 1.37. The molecule has 1 aliphatic rings. The molecule has 2 aromatic heterocycles. The lowest BCUT2D eigenvalue weighted by molar-refractivity contribution is 0.774. The van der Waals surface area contributed by atoms with Gasteiger partial charge in [0.15, 0.2) is 11.1 Å². The van der Waals surface area contributed by atoms with Gasteiger partial charge in [0.2, 0.25) is 0 Å². The quantitative estimate of drug-likeness (QED) is 0.731. The molecule has 1 fully saturated rings. The van der Waals surface area contributed by atoms with Gasteiger partial charge in [-0.05, 0) is 18.8 Å². The maximum atomic E-state index is 11.7. The van der Waals surface area contributed by atoms with Crippen molar-refractivity contribution in [2.45, 2.75) is 18.8 Å². The summed E-state index contributed by atoms with van der Waals surface area (Å²) in [6.07, 6.45) is 4.13. The highest BCUT2D eigenvalue weighted by molar-refractivity contribution is 5.73. The van der Waals surface area contributed by atoms with Crippen LogP contribution in [0, 0.1) is 0 Å². The molecular weight excluding hydrogens is 178 g/mol. The summed E-state index contributed by atoms with van der Waals surface area (Å²) in [5.74, 6) is 0.564. The van der Waals surface area contributed by atoms with E-state index in [-0.39, 0.29) is 5.43 Å². The fraction of sp³-hybridized carbons (Fsp3) is 0.400. The normalized spacial score (nSPS) is 16.4. The van der Waals surface area contributed by atoms with Gasteiger partial charge in [-0.15, -0.1) is 0 Å². The summed E-state index contributed by atoms with van der Waals surface area (Å²) >= 11 is 0. The number of aryl methyl sites for hydroxylation is 1. The van der Waals surface area contributed by atoms with Gasteiger partial charge < -0.3 is 4.98 Å². The van der Waals surface area contributed by atoms with Crippen molar-refractivity contribution in [2.75, 3.05) is 0 Å². The van der Waals surface area contributed by atoms with Gasteiger partial charge in [0, 0.05) is 25.0 Å². The number of hydrogen-bond acceptors (Lipinski definition) is 2. The van der Waals surface area contributed by atoms with Gasteiger partial charge in [0.25, 0.3) is 0 Å². The van der Waals surface area contributed by atoms with E-state index in [0.717, 1.165) is 5.69 Å². The summed E-state index contributed by atoms with van der Waals surface area (Å²) in [4.78, 5) is 14.9. The molecule has 1 aliphatic carbocycles. The summed E-state index contributed by atoms with van der Waals surface area (Å²) in [6, 6.07) is 1.71. The first-order valence-corrected chi connectivity index (χ1v) is 4.80. The Bertz CT molecular complexity index is 548. The van der Waals surface area contributed by atoms with Gasteiger partial charge in [0.1, 0.15) is 0 Å². The second kappa shape index (κ2) is 2.47. The van der Waals surface area contributed by atoms with E-state index in [1.165, 1.54) is 12.8 Å². The topological polar surface area (TPSA) is 50.7 Å². The monoisotopic (exact) mass is 189 g/mol. The van der Waals surface area contributed by atoms with Crippen LogP contribution in [0.15, 0.2) is 17.1 Å². The predicted octanol–water partition coefficient (Wildman–Crippen LogP) is 1.14. The second-order valence-electron chi connectivity index (χ2n) is 3.93. The average Bonchev–Trinajstić information content (AvgIpc) is 2.89. The van der Waals surface area contributed by atoms with E-state index >= 15 is 0 Å². The summed E-state index contributed by atoms with van der Waals surface area (Å²) in [6.45, 7) is 0. The predicted molar refractivity (Wildman–Crippen MR) is 53.3 cm³/mol. The van der Waals surface area contributed by atoms with Crippen LogP contribution in [0.2, 0.25) is 0 Å². The van der Waals surface area contributed by atoms with Crippen molar-refractivity contribution < 1.29 is 0 Å². The van der Waals surface area contributed by atoms with Crippen molar-refractivity contribution in [3.63, 3.8) is 0 Å². The number of hydrogen-bond donors (Lipinski definition) is 1. The molecule has 72 valence electrons. The lowest BCUT2D eigenvalue weighted by atomic mass is 10.2. The van der Waals surface area contributed by atoms with Gasteiger partial charge in [-0.2, -0.15) is 5.10 Å². The van der Waals surface area contributed by atoms with Gasteiger partial charge in [-0.3, -0.25) is 9.48 Å². The summed E-state index contributed by atoms with van der Waals surface area (Å²) < 4.78 is 1.67. The molecule has 3 rings (SSSR count). The molecule has 1 N–H and O–H groups in total. The van der Waals surface area contributed by atoms with Crippen LogP contribution in [-0.4, -0.2) is 14.8 Å². The zero-order valence-electron chi connectivity index (χ0n) is 7.95. The smallest absolute Gasteiger partial charge is 0.192 e. The molecule has 0 spiro atoms. The third kappa shape index (κ3) is 1.07. The SMILES string of the molecule is Cn1cc2c(=O)cc(C3CC3)[nH]c2n1. The Labute approximate surface area is 80.6 Å². The number of rotatable bonds is 1. The molecule has 1 saturated carbocycles. The fourth-order valence-electron chi connectivity index (χ4n) is 1.77. The number of aromatic amines is 1. The maximum absolute atomic E-state index is 11.7. The minimum absolute atomic E-state index is 0.0775. The van der Waals surface area contributed by atoms with Gasteiger partial charge >= 0.3 is 0 Å². The largest absolute Gasteiger partial charge is 0.341 e. The first kappa shape index (κ1) is 7.79. The number of H-pyrrole nitrogens is 1. The Morgan fingerprint density at radius 3 is 3.07 bits per heavy atom. The average molecular weight is 189 g/mol. The highest BCUT2D eigenvalue weighted by atomic mass is 16.1. The third-order valence-corrected chi connectivity index (χ3v) is 2.66. The van der Waals surface area contributed by atoms with E-state index < -0.39 is 0 Å². The lowest BCUT2D eigenvalue weighted by Crippen LogP contribution is -2.02. The Hall–Kier alpha value is -1.58. The van der Waals surface area contributed by atoms with Crippen LogP contribution < -0.4 is 5.43 Å². The Morgan fingerprint density at radius 2 is 2.36 bits per heavy atom. The molecule has 0 aromatic carbocycles. The minimum Gasteiger partial charge on any atom is -0.341 e. The van der Waals surface area contributed by atoms with Crippen LogP contribution in [0.5, 0.6) is 0 Å². The van der Waals surface area contributed by atoms with Crippen LogP contribution >= 0.6 is 0 Å². The standard InChI is InChI=1S/C10H11N3O/c1-13-5-7-9(14)4-8(6-2-3-6)11-10(7)12-13/h4-6H,2-3H2,1H3,(H,11,12). The van der Waals surface area contributed by atoms with E-state index in [9.17, 15) is 4.79 Å². The first-order valence-electron chi connectivity index (χ1n) is 4.80. The molecular formula is C10H11N3O. The fourth-order valence-corrected chi connectivity index (χ4v) is 1.77. The van der Waals surface area contributed by atoms with Gasteiger partial charge in [-0.1, -0.05) is 0 Å². The van der Waals surface area contributed by atoms with Gasteiger partial charge in [0.05, 0.1) is 5.39 Å². The van der Waals surface area contributed by atoms with E-state index in [2.05, 4.69) is 10.1 Å². The van der Waals surface area contributed by atoms with Gasteiger partial charge in [-0.25, -0.2) is 0 Å². The highest BCUT2D eigenvalue weighted by Gasteiger charge is 2.25. The molecule has 2 heterocycles. The molecule has 0 atom stereocenters. The van der Waals surface area contributed by atoms with Crippen LogP contribution in [0.25, 0.3) is 11.0 Å². The summed E-state index contributed by atoms with van der Waals surface area (Å²) in [5.41, 5.74) is 1.83. The van der Waals surface area contributed by atoms with Crippen LogP contribution in [0.3, 0.4) is 0 Å². The number of pyridine rings is 1. The third-order valence-electron chi connectivity index (χ3n) is 2.66. The van der Waals surface area contributed by atoms with E-state index in [0.29, 0.717) is 17.0 Å². The number of nitrogens with zero attached hydrogens (tertiary/aromatic N) is 2. The second-order valence-corrected chi connectivity index (χ2v) is 3.93. The molecule has 4 nitrogen and oxygen atoms in total. The zero-order chi connectivity index (χ0) is 9.71. The van der Waals surface area contributed by atoms with Crippen LogP contribution in [0.1, 0.15) is 24.5 Å². The lowest BCUT2D eigenvalue weighted by Gasteiger charge is -1.96. The maximum Gasteiger partial charge on any atom is 0.192 e. The van der Waals surface area contributed by atoms with Crippen molar-refractivity contribution in [2.24, 2.45) is 7.05 Å². The molecule has 14 heavy (non-hydrogen) atoms. The molecule has 2 aromatic rings. The van der Waals surface area contributed by atoms with E-state index in [4.69, 9.17) is 0 Å². The zero-order valence-corrected chi connectivity index (χ0v) is 7.95. The summed E-state index contributed by atoms with van der Waals surface area (Å²) in [5, 5.41) is 4.88. The molecule has 0 amide bonds. The van der Waals surface area contributed by atoms with Crippen molar-refractivity contribution in [3.05, 3.63) is 28.2 Å². The van der Waals surface area contributed by atoms with E-state index in [1.54, 1.807) is 16.9 Å². The minimum atomic E-state index is 0.0775. The number of aromatic nitrogens is 3. The summed E-state index contributed by atoms with van der Waals surface area (Å²) in [7, 11) is 1.82. The molecule has 0 unspecified atom stereocenters. The molecule has 4 heteroatoms. The van der Waals surface area contributed by atoms with Crippen molar-refractivity contribution in [1.82, 2.24) is 14.8 Å². The molecule has 0 radical (unpaired) electrons. The van der Waals surface area contributed by atoms with Crippen molar-refractivity contribution in [3.8, 4) is 0 Å². The van der Waals surface area contributed by atoms with Crippen molar-refractivity contribution >= 4 is 11.0 Å². The Morgan fingerprint density at radius 1 is 1.57 bits per heavy atom.